The molecule has 7 aromatic rings. The van der Waals surface area contributed by atoms with Crippen LogP contribution in [0, 0.1) is 32.2 Å². The molecule has 48 heavy (non-hydrogen) atoms. The quantitative estimate of drug-likeness (QED) is 0.157. The fraction of sp³-hybridized carbons (Fsp3) is 0.150. The summed E-state index contributed by atoms with van der Waals surface area (Å²) in [5, 5.41) is 7.18. The molecular formula is C40H30N6OPt. The fourth-order valence-electron chi connectivity index (χ4n) is 5.97. The Morgan fingerprint density at radius 2 is 1.54 bits per heavy atom. The van der Waals surface area contributed by atoms with Gasteiger partial charge in [-0.05, 0) is 47.3 Å². The second-order valence-corrected chi connectivity index (χ2v) is 12.4. The molecule has 0 fully saturated rings. The molecule has 0 saturated heterocycles. The van der Waals surface area contributed by atoms with Crippen LogP contribution in [-0.4, -0.2) is 19.3 Å². The number of hydrogen-bond acceptors (Lipinski definition) is 3. The first-order valence-corrected chi connectivity index (χ1v) is 15.3. The molecule has 0 spiro atoms. The SMILES string of the molecule is [C-]#[N+]C([N+]#[C-])c1c(-c2ccccc2)c(C(C)(C)C)nn1-c1[c-]c(Oc2[c-]c3c(cc2)c2ccccc2n3-c2cc(C)ccn2)ccc1.[Pt+2]. The van der Waals surface area contributed by atoms with E-state index in [2.05, 4.69) is 77.3 Å². The second kappa shape index (κ2) is 13.0. The van der Waals surface area contributed by atoms with Crippen LogP contribution < -0.4 is 4.74 Å². The third-order valence-electron chi connectivity index (χ3n) is 8.07. The predicted octanol–water partition coefficient (Wildman–Crippen LogP) is 9.86. The summed E-state index contributed by atoms with van der Waals surface area (Å²) in [5.41, 5.74) is 6.23. The van der Waals surface area contributed by atoms with Gasteiger partial charge in [0.1, 0.15) is 5.82 Å². The van der Waals surface area contributed by atoms with Crippen molar-refractivity contribution in [2.24, 2.45) is 0 Å². The van der Waals surface area contributed by atoms with Crippen molar-refractivity contribution in [1.82, 2.24) is 19.3 Å². The molecule has 4 aromatic carbocycles. The van der Waals surface area contributed by atoms with Crippen LogP contribution in [0.15, 0.2) is 103 Å². The van der Waals surface area contributed by atoms with E-state index in [-0.39, 0.29) is 26.5 Å². The van der Waals surface area contributed by atoms with Crippen LogP contribution >= 0.6 is 0 Å². The number of fused-ring (bicyclic) bond motifs is 3. The molecule has 3 aromatic heterocycles. The van der Waals surface area contributed by atoms with E-state index in [0.717, 1.165) is 50.0 Å². The molecule has 0 saturated carbocycles. The van der Waals surface area contributed by atoms with Crippen molar-refractivity contribution in [2.45, 2.75) is 39.3 Å². The Kier molecular flexibility index (Phi) is 8.76. The van der Waals surface area contributed by atoms with E-state index < -0.39 is 6.17 Å². The molecule has 8 heteroatoms. The van der Waals surface area contributed by atoms with Crippen LogP contribution in [-0.2, 0) is 26.5 Å². The number of aryl methyl sites for hydroxylation is 1. The Hall–Kier alpha value is -5.49. The van der Waals surface area contributed by atoms with Crippen molar-refractivity contribution >= 4 is 21.8 Å². The zero-order valence-electron chi connectivity index (χ0n) is 26.8. The summed E-state index contributed by atoms with van der Waals surface area (Å²) in [6.07, 6.45) is 0.732. The van der Waals surface area contributed by atoms with Crippen molar-refractivity contribution in [2.75, 3.05) is 0 Å². The number of nitrogens with zero attached hydrogens (tertiary/aromatic N) is 6. The molecule has 236 valence electrons. The normalized spacial score (nSPS) is 11.3. The van der Waals surface area contributed by atoms with Gasteiger partial charge in [0.25, 0.3) is 0 Å². The van der Waals surface area contributed by atoms with Crippen LogP contribution in [0.5, 0.6) is 11.5 Å². The molecule has 7 nitrogen and oxygen atoms in total. The van der Waals surface area contributed by atoms with Crippen LogP contribution in [0.2, 0.25) is 0 Å². The van der Waals surface area contributed by atoms with Gasteiger partial charge in [0.15, 0.2) is 0 Å². The van der Waals surface area contributed by atoms with Crippen molar-refractivity contribution in [1.29, 1.82) is 0 Å². The molecule has 0 radical (unpaired) electrons. The van der Waals surface area contributed by atoms with Crippen LogP contribution in [0.25, 0.3) is 54.1 Å². The monoisotopic (exact) mass is 805 g/mol. The molecule has 7 rings (SSSR count). The molecule has 0 amide bonds. The number of ether oxygens (including phenoxy) is 1. The van der Waals surface area contributed by atoms with Gasteiger partial charge in [0.05, 0.1) is 5.69 Å². The van der Waals surface area contributed by atoms with Gasteiger partial charge in [-0.3, -0.25) is 0 Å². The summed E-state index contributed by atoms with van der Waals surface area (Å²) in [6, 6.07) is 38.5. The van der Waals surface area contributed by atoms with Gasteiger partial charge in [-0.2, -0.15) is 17.2 Å². The average molecular weight is 806 g/mol. The maximum absolute atomic E-state index is 7.89. The number of benzene rings is 4. The molecule has 3 heterocycles. The largest absolute Gasteiger partial charge is 2.00 e. The van der Waals surface area contributed by atoms with Crippen LogP contribution in [0.4, 0.5) is 0 Å². The summed E-state index contributed by atoms with van der Waals surface area (Å²) in [5.74, 6) is 1.78. The van der Waals surface area contributed by atoms with Gasteiger partial charge in [-0.25, -0.2) is 32.5 Å². The third kappa shape index (κ3) is 5.79. The van der Waals surface area contributed by atoms with Gasteiger partial charge < -0.3 is 9.30 Å². The predicted molar refractivity (Wildman–Crippen MR) is 185 cm³/mol. The van der Waals surface area contributed by atoms with Gasteiger partial charge in [0.2, 0.25) is 5.69 Å². The minimum Gasteiger partial charge on any atom is -0.509 e. The smallest absolute Gasteiger partial charge is 0.509 e. The Balaban J connectivity index is 0.00000401. The van der Waals surface area contributed by atoms with Crippen molar-refractivity contribution < 1.29 is 25.8 Å². The van der Waals surface area contributed by atoms with Gasteiger partial charge in [0, 0.05) is 34.2 Å². The number of pyridine rings is 1. The zero-order chi connectivity index (χ0) is 32.7. The Morgan fingerprint density at radius 3 is 2.27 bits per heavy atom. The van der Waals surface area contributed by atoms with Gasteiger partial charge in [-0.1, -0.05) is 74.8 Å². The molecule has 0 aliphatic carbocycles. The van der Waals surface area contributed by atoms with E-state index in [0.29, 0.717) is 22.9 Å². The van der Waals surface area contributed by atoms with Gasteiger partial charge >= 0.3 is 27.2 Å². The molecule has 0 unspecified atom stereocenters. The van der Waals surface area contributed by atoms with E-state index in [1.165, 1.54) is 0 Å². The first kappa shape index (κ1) is 32.4. The van der Waals surface area contributed by atoms with Crippen LogP contribution in [0.1, 0.15) is 43.9 Å². The minimum atomic E-state index is -1.08. The Bertz CT molecular complexity index is 2360. The summed E-state index contributed by atoms with van der Waals surface area (Å²) in [4.78, 5) is 12.1. The van der Waals surface area contributed by atoms with Crippen molar-refractivity contribution in [3.8, 4) is 34.1 Å². The molecular weight excluding hydrogens is 776 g/mol. The average Bonchev–Trinajstić information content (AvgIpc) is 3.63. The maximum atomic E-state index is 7.89. The van der Waals surface area contributed by atoms with E-state index in [1.54, 1.807) is 4.68 Å². The third-order valence-corrected chi connectivity index (χ3v) is 8.07. The number of para-hydroxylation sites is 1. The zero-order valence-corrected chi connectivity index (χ0v) is 29.1. The maximum Gasteiger partial charge on any atom is 2.00 e. The van der Waals surface area contributed by atoms with E-state index in [4.69, 9.17) is 23.0 Å². The van der Waals surface area contributed by atoms with E-state index >= 15 is 0 Å². The molecule has 0 atom stereocenters. The summed E-state index contributed by atoms with van der Waals surface area (Å²) in [6.45, 7) is 24.1. The summed E-state index contributed by atoms with van der Waals surface area (Å²) >= 11 is 0. The summed E-state index contributed by atoms with van der Waals surface area (Å²) in [7, 11) is 0. The summed E-state index contributed by atoms with van der Waals surface area (Å²) < 4.78 is 10.2. The van der Waals surface area contributed by atoms with Crippen molar-refractivity contribution in [3.05, 3.63) is 155 Å². The van der Waals surface area contributed by atoms with Gasteiger partial charge in [-0.15, -0.1) is 35.7 Å². The first-order chi connectivity index (χ1) is 22.8. The number of rotatable bonds is 6. The Morgan fingerprint density at radius 1 is 0.812 bits per heavy atom. The molecule has 0 aliphatic rings. The molecule has 0 bridgehead atoms. The number of aromatic nitrogens is 4. The fourth-order valence-corrected chi connectivity index (χ4v) is 5.97. The topological polar surface area (TPSA) is 53.6 Å². The Labute approximate surface area is 294 Å². The molecule has 0 N–H and O–H groups in total. The molecule has 0 aliphatic heterocycles. The van der Waals surface area contributed by atoms with E-state index in [9.17, 15) is 0 Å². The van der Waals surface area contributed by atoms with Crippen LogP contribution in [0.3, 0.4) is 0 Å². The minimum absolute atomic E-state index is 0. The standard InChI is InChI=1S/C40H30N6O.Pt/c1-26-21-22-43-35(23-26)45-33-18-11-10-17-31(33)32-20-19-30(25-34(32)45)47-29-16-12-15-28(24-29)46-37(39(41-5)42-6)36(27-13-8-7-9-14-27)38(44-46)40(2,3)4;/h7-23,39H,1-4H3;/q-2;+2. The van der Waals surface area contributed by atoms with Crippen molar-refractivity contribution in [3.63, 3.8) is 0 Å². The second-order valence-electron chi connectivity index (χ2n) is 12.4. The number of hydrogen-bond donors (Lipinski definition) is 0. The van der Waals surface area contributed by atoms with E-state index in [1.807, 2.05) is 85.1 Å². The first-order valence-electron chi connectivity index (χ1n) is 15.3.